The Bertz CT molecular complexity index is 1110. The molecular formula is C22H20ClN3O4. The fourth-order valence-electron chi connectivity index (χ4n) is 3.54. The molecule has 0 saturated carbocycles. The number of amides is 4. The Morgan fingerprint density at radius 3 is 2.60 bits per heavy atom. The number of benzene rings is 2. The van der Waals surface area contributed by atoms with Crippen molar-refractivity contribution in [1.29, 1.82) is 0 Å². The summed E-state index contributed by atoms with van der Waals surface area (Å²) in [5.41, 5.74) is 0.0528. The Hall–Kier alpha value is -3.32. The van der Waals surface area contributed by atoms with Crippen LogP contribution in [0.5, 0.6) is 0 Å². The lowest BCUT2D eigenvalue weighted by Gasteiger charge is -2.22. The van der Waals surface area contributed by atoms with E-state index in [-0.39, 0.29) is 0 Å². The molecule has 1 aromatic heterocycles. The standard InChI is InChI=1S/C22H20ClN3O4/c1-13(18-11-14-5-3-4-6-17(14)30-18)24-19(27)12-26-20(28)22(2,25-21(26)29)15-7-9-16(23)10-8-15/h3-11,13H,12H2,1-2H3,(H,24,27)(H,25,29)/t13-,22-/m1/s1. The molecule has 3 aromatic rings. The Morgan fingerprint density at radius 1 is 1.20 bits per heavy atom. The molecule has 4 amide bonds. The van der Waals surface area contributed by atoms with E-state index in [2.05, 4.69) is 10.6 Å². The number of nitrogens with one attached hydrogen (secondary N) is 2. The first-order valence-corrected chi connectivity index (χ1v) is 9.84. The smallest absolute Gasteiger partial charge is 0.325 e. The maximum Gasteiger partial charge on any atom is 0.325 e. The number of hydrogen-bond acceptors (Lipinski definition) is 4. The minimum atomic E-state index is -1.26. The Kier molecular flexibility index (Phi) is 4.99. The number of urea groups is 1. The summed E-state index contributed by atoms with van der Waals surface area (Å²) < 4.78 is 5.76. The summed E-state index contributed by atoms with van der Waals surface area (Å²) in [4.78, 5) is 38.8. The number of halogens is 1. The van der Waals surface area contributed by atoms with Gasteiger partial charge >= 0.3 is 6.03 Å². The molecule has 0 bridgehead atoms. The number of carbonyl (C=O) groups is 3. The second-order valence-electron chi connectivity index (χ2n) is 7.43. The zero-order chi connectivity index (χ0) is 21.5. The third-order valence-electron chi connectivity index (χ3n) is 5.25. The molecule has 0 spiro atoms. The summed E-state index contributed by atoms with van der Waals surface area (Å²) >= 11 is 5.91. The first kappa shape index (κ1) is 20.0. The lowest BCUT2D eigenvalue weighted by molar-refractivity contribution is -0.135. The van der Waals surface area contributed by atoms with Crippen LogP contribution in [0.4, 0.5) is 4.79 Å². The van der Waals surface area contributed by atoms with Gasteiger partial charge in [-0.05, 0) is 43.7 Å². The molecule has 4 rings (SSSR count). The van der Waals surface area contributed by atoms with Gasteiger partial charge in [-0.2, -0.15) is 0 Å². The maximum atomic E-state index is 12.9. The van der Waals surface area contributed by atoms with Crippen LogP contribution in [-0.4, -0.2) is 29.3 Å². The molecule has 1 fully saturated rings. The zero-order valence-electron chi connectivity index (χ0n) is 16.4. The van der Waals surface area contributed by atoms with E-state index in [0.717, 1.165) is 15.9 Å². The molecule has 1 aliphatic heterocycles. The van der Waals surface area contributed by atoms with Crippen molar-refractivity contribution in [3.63, 3.8) is 0 Å². The van der Waals surface area contributed by atoms with Gasteiger partial charge in [0.15, 0.2) is 0 Å². The highest BCUT2D eigenvalue weighted by Crippen LogP contribution is 2.29. The molecule has 0 radical (unpaired) electrons. The van der Waals surface area contributed by atoms with E-state index >= 15 is 0 Å². The van der Waals surface area contributed by atoms with Crippen LogP contribution in [0.3, 0.4) is 0 Å². The molecule has 154 valence electrons. The fraction of sp³-hybridized carbons (Fsp3) is 0.227. The molecule has 1 saturated heterocycles. The van der Waals surface area contributed by atoms with Gasteiger partial charge in [-0.25, -0.2) is 4.79 Å². The Balaban J connectivity index is 1.45. The van der Waals surface area contributed by atoms with Gasteiger partial charge in [-0.1, -0.05) is 41.9 Å². The predicted octanol–water partition coefficient (Wildman–Crippen LogP) is 3.73. The van der Waals surface area contributed by atoms with Gasteiger partial charge in [0, 0.05) is 10.4 Å². The summed E-state index contributed by atoms with van der Waals surface area (Å²) in [5, 5.41) is 6.90. The van der Waals surface area contributed by atoms with Crippen LogP contribution in [0.15, 0.2) is 59.0 Å². The van der Waals surface area contributed by atoms with Crippen molar-refractivity contribution in [2.75, 3.05) is 6.54 Å². The van der Waals surface area contributed by atoms with E-state index in [4.69, 9.17) is 16.0 Å². The third kappa shape index (κ3) is 3.52. The summed E-state index contributed by atoms with van der Waals surface area (Å²) in [5.74, 6) is -0.374. The van der Waals surface area contributed by atoms with Crippen molar-refractivity contribution < 1.29 is 18.8 Å². The molecule has 1 aliphatic rings. The van der Waals surface area contributed by atoms with E-state index < -0.39 is 36.0 Å². The molecular weight excluding hydrogens is 406 g/mol. The predicted molar refractivity (Wildman–Crippen MR) is 112 cm³/mol. The largest absolute Gasteiger partial charge is 0.459 e. The average Bonchev–Trinajstić information content (AvgIpc) is 3.24. The van der Waals surface area contributed by atoms with Crippen LogP contribution < -0.4 is 10.6 Å². The highest BCUT2D eigenvalue weighted by molar-refractivity contribution is 6.30. The molecule has 30 heavy (non-hydrogen) atoms. The summed E-state index contributed by atoms with van der Waals surface area (Å²) in [6, 6.07) is 15.0. The van der Waals surface area contributed by atoms with Crippen molar-refractivity contribution in [1.82, 2.24) is 15.5 Å². The number of rotatable bonds is 5. The van der Waals surface area contributed by atoms with E-state index in [1.807, 2.05) is 30.3 Å². The number of para-hydroxylation sites is 1. The average molecular weight is 426 g/mol. The van der Waals surface area contributed by atoms with Crippen molar-refractivity contribution in [3.05, 3.63) is 70.9 Å². The number of carbonyl (C=O) groups excluding carboxylic acids is 3. The van der Waals surface area contributed by atoms with E-state index in [0.29, 0.717) is 16.3 Å². The van der Waals surface area contributed by atoms with E-state index in [1.165, 1.54) is 0 Å². The highest BCUT2D eigenvalue weighted by Gasteiger charge is 2.49. The quantitative estimate of drug-likeness (QED) is 0.609. The minimum absolute atomic E-state index is 0.390. The second-order valence-corrected chi connectivity index (χ2v) is 7.87. The topological polar surface area (TPSA) is 91.7 Å². The van der Waals surface area contributed by atoms with Crippen LogP contribution >= 0.6 is 11.6 Å². The molecule has 2 N–H and O–H groups in total. The van der Waals surface area contributed by atoms with Gasteiger partial charge in [0.1, 0.15) is 23.4 Å². The van der Waals surface area contributed by atoms with Crippen LogP contribution in [0.1, 0.15) is 31.2 Å². The number of fused-ring (bicyclic) bond motifs is 1. The highest BCUT2D eigenvalue weighted by atomic mass is 35.5. The molecule has 2 aromatic carbocycles. The first-order valence-electron chi connectivity index (χ1n) is 9.46. The molecule has 2 heterocycles. The number of nitrogens with zero attached hydrogens (tertiary/aromatic N) is 1. The monoisotopic (exact) mass is 425 g/mol. The molecule has 2 atom stereocenters. The van der Waals surface area contributed by atoms with Crippen LogP contribution in [0.25, 0.3) is 11.0 Å². The summed E-state index contributed by atoms with van der Waals surface area (Å²) in [7, 11) is 0. The van der Waals surface area contributed by atoms with Crippen molar-refractivity contribution in [2.45, 2.75) is 25.4 Å². The number of imide groups is 1. The minimum Gasteiger partial charge on any atom is -0.459 e. The van der Waals surface area contributed by atoms with Crippen LogP contribution in [0.2, 0.25) is 5.02 Å². The summed E-state index contributed by atoms with van der Waals surface area (Å²) in [6.45, 7) is 2.99. The summed E-state index contributed by atoms with van der Waals surface area (Å²) in [6.07, 6.45) is 0. The SMILES string of the molecule is C[C@@H](NC(=O)CN1C(=O)N[C@](C)(c2ccc(Cl)cc2)C1=O)c1cc2ccccc2o1. The van der Waals surface area contributed by atoms with Crippen LogP contribution in [-0.2, 0) is 15.1 Å². The fourth-order valence-corrected chi connectivity index (χ4v) is 3.66. The van der Waals surface area contributed by atoms with Gasteiger partial charge in [0.25, 0.3) is 5.91 Å². The van der Waals surface area contributed by atoms with E-state index in [1.54, 1.807) is 38.1 Å². The number of furan rings is 1. The lowest BCUT2D eigenvalue weighted by Crippen LogP contribution is -2.43. The Labute approximate surface area is 178 Å². The van der Waals surface area contributed by atoms with Gasteiger partial charge < -0.3 is 15.1 Å². The maximum absolute atomic E-state index is 12.9. The van der Waals surface area contributed by atoms with Gasteiger partial charge in [-0.15, -0.1) is 0 Å². The molecule has 7 nitrogen and oxygen atoms in total. The lowest BCUT2D eigenvalue weighted by atomic mass is 9.92. The second kappa shape index (κ2) is 7.50. The van der Waals surface area contributed by atoms with Gasteiger partial charge in [0.2, 0.25) is 5.91 Å². The zero-order valence-corrected chi connectivity index (χ0v) is 17.2. The van der Waals surface area contributed by atoms with Crippen LogP contribution in [0, 0.1) is 0 Å². The van der Waals surface area contributed by atoms with Crippen molar-refractivity contribution in [2.24, 2.45) is 0 Å². The Morgan fingerprint density at radius 2 is 1.90 bits per heavy atom. The van der Waals surface area contributed by atoms with Gasteiger partial charge in [-0.3, -0.25) is 14.5 Å². The van der Waals surface area contributed by atoms with Crippen molar-refractivity contribution >= 4 is 40.4 Å². The van der Waals surface area contributed by atoms with Gasteiger partial charge in [0.05, 0.1) is 6.04 Å². The normalized spacial score (nSPS) is 19.8. The first-order chi connectivity index (χ1) is 14.3. The van der Waals surface area contributed by atoms with Crippen molar-refractivity contribution in [3.8, 4) is 0 Å². The number of hydrogen-bond donors (Lipinski definition) is 2. The molecule has 0 unspecified atom stereocenters. The van der Waals surface area contributed by atoms with E-state index in [9.17, 15) is 14.4 Å². The third-order valence-corrected chi connectivity index (χ3v) is 5.50. The molecule has 0 aliphatic carbocycles. The molecule has 8 heteroatoms.